The number of hydrogen-bond acceptors (Lipinski definition) is 2. The van der Waals surface area contributed by atoms with Crippen LogP contribution in [0.2, 0.25) is 0 Å². The van der Waals surface area contributed by atoms with E-state index < -0.39 is 0 Å². The van der Waals surface area contributed by atoms with E-state index in [1.165, 1.54) is 36.2 Å². The molecule has 20 heavy (non-hydrogen) atoms. The van der Waals surface area contributed by atoms with Gasteiger partial charge in [-0.15, -0.1) is 0 Å². The molecule has 0 spiro atoms. The Balaban J connectivity index is 1.80. The van der Waals surface area contributed by atoms with Crippen LogP contribution in [0.4, 0.5) is 0 Å². The molecule has 2 aromatic rings. The summed E-state index contributed by atoms with van der Waals surface area (Å²) in [6.07, 6.45) is 1.36. The average Bonchev–Trinajstić information content (AvgIpc) is 2.69. The first kappa shape index (κ1) is 13.6. The molecule has 1 N–H and O–H groups in total. The number of H-pyrrole nitrogens is 1. The molecule has 2 unspecified atom stereocenters. The van der Waals surface area contributed by atoms with Crippen LogP contribution in [0.1, 0.15) is 37.2 Å². The number of fused-ring (bicyclic) bond motifs is 1. The van der Waals surface area contributed by atoms with Gasteiger partial charge in [-0.3, -0.25) is 4.90 Å². The van der Waals surface area contributed by atoms with Crippen molar-refractivity contribution in [3.8, 4) is 0 Å². The number of aryl methyl sites for hydroxylation is 2. The average molecular weight is 271 g/mol. The monoisotopic (exact) mass is 271 g/mol. The molecule has 1 fully saturated rings. The molecule has 3 heteroatoms. The fraction of sp³-hybridized carbons (Fsp3) is 0.588. The molecule has 1 aliphatic rings. The fourth-order valence-electron chi connectivity index (χ4n) is 3.53. The predicted molar refractivity (Wildman–Crippen MR) is 83.8 cm³/mol. The van der Waals surface area contributed by atoms with Crippen molar-refractivity contribution in [1.82, 2.24) is 14.9 Å². The number of aromatic nitrogens is 2. The summed E-state index contributed by atoms with van der Waals surface area (Å²) >= 11 is 0. The largest absolute Gasteiger partial charge is 0.341 e. The van der Waals surface area contributed by atoms with E-state index in [0.29, 0.717) is 0 Å². The van der Waals surface area contributed by atoms with E-state index in [0.717, 1.165) is 29.7 Å². The van der Waals surface area contributed by atoms with E-state index in [2.05, 4.69) is 49.7 Å². The first-order valence-corrected chi connectivity index (χ1v) is 7.69. The summed E-state index contributed by atoms with van der Waals surface area (Å²) in [5.41, 5.74) is 4.91. The van der Waals surface area contributed by atoms with Crippen molar-refractivity contribution in [3.63, 3.8) is 0 Å². The van der Waals surface area contributed by atoms with E-state index in [1.807, 2.05) is 0 Å². The number of piperidine rings is 1. The highest BCUT2D eigenvalue weighted by molar-refractivity contribution is 5.77. The van der Waals surface area contributed by atoms with Gasteiger partial charge in [0.25, 0.3) is 0 Å². The van der Waals surface area contributed by atoms with Gasteiger partial charge < -0.3 is 4.98 Å². The number of rotatable bonds is 2. The molecule has 0 radical (unpaired) electrons. The second kappa shape index (κ2) is 5.21. The SMILES string of the molecule is Cc1cc2nc(CN3CC(C)CC(C)C3)[nH]c2cc1C. The highest BCUT2D eigenvalue weighted by Gasteiger charge is 2.22. The number of likely N-dealkylation sites (tertiary alicyclic amines) is 1. The lowest BCUT2D eigenvalue weighted by Gasteiger charge is -2.34. The topological polar surface area (TPSA) is 31.9 Å². The molecule has 1 aromatic heterocycles. The molecular weight excluding hydrogens is 246 g/mol. The maximum Gasteiger partial charge on any atom is 0.121 e. The van der Waals surface area contributed by atoms with Crippen molar-refractivity contribution in [2.45, 2.75) is 40.7 Å². The third-order valence-corrected chi connectivity index (χ3v) is 4.46. The van der Waals surface area contributed by atoms with Gasteiger partial charge in [-0.25, -0.2) is 4.98 Å². The second-order valence-electron chi connectivity index (χ2n) is 6.78. The Kier molecular flexibility index (Phi) is 3.55. The quantitative estimate of drug-likeness (QED) is 0.904. The van der Waals surface area contributed by atoms with Gasteiger partial charge in [-0.2, -0.15) is 0 Å². The number of nitrogens with zero attached hydrogens (tertiary/aromatic N) is 2. The molecular formula is C17H25N3. The lowest BCUT2D eigenvalue weighted by Crippen LogP contribution is -2.38. The third-order valence-electron chi connectivity index (χ3n) is 4.46. The van der Waals surface area contributed by atoms with Gasteiger partial charge in [-0.05, 0) is 55.4 Å². The molecule has 2 atom stereocenters. The first-order chi connectivity index (χ1) is 9.51. The van der Waals surface area contributed by atoms with E-state index in [9.17, 15) is 0 Å². The van der Waals surface area contributed by atoms with Crippen LogP contribution >= 0.6 is 0 Å². The van der Waals surface area contributed by atoms with Crippen LogP contribution in [0.25, 0.3) is 11.0 Å². The predicted octanol–water partition coefficient (Wildman–Crippen LogP) is 3.66. The zero-order chi connectivity index (χ0) is 14.3. The maximum atomic E-state index is 4.76. The maximum absolute atomic E-state index is 4.76. The zero-order valence-electron chi connectivity index (χ0n) is 13.0. The van der Waals surface area contributed by atoms with E-state index >= 15 is 0 Å². The highest BCUT2D eigenvalue weighted by Crippen LogP contribution is 2.23. The Morgan fingerprint density at radius 3 is 2.50 bits per heavy atom. The molecule has 108 valence electrons. The molecule has 0 bridgehead atoms. The minimum absolute atomic E-state index is 0.799. The smallest absolute Gasteiger partial charge is 0.121 e. The van der Waals surface area contributed by atoms with Gasteiger partial charge in [0, 0.05) is 13.1 Å². The number of benzene rings is 1. The summed E-state index contributed by atoms with van der Waals surface area (Å²) in [7, 11) is 0. The molecule has 3 rings (SSSR count). The minimum atomic E-state index is 0.799. The summed E-state index contributed by atoms with van der Waals surface area (Å²) < 4.78 is 0. The first-order valence-electron chi connectivity index (χ1n) is 7.69. The van der Waals surface area contributed by atoms with Crippen molar-refractivity contribution < 1.29 is 0 Å². The van der Waals surface area contributed by atoms with Crippen molar-refractivity contribution in [3.05, 3.63) is 29.1 Å². The van der Waals surface area contributed by atoms with Crippen LogP contribution in [0.5, 0.6) is 0 Å². The summed E-state index contributed by atoms with van der Waals surface area (Å²) in [5, 5.41) is 0. The molecule has 0 saturated carbocycles. The Morgan fingerprint density at radius 1 is 1.15 bits per heavy atom. The standard InChI is InChI=1S/C17H25N3/c1-11-5-12(2)9-20(8-11)10-17-18-15-6-13(3)14(4)7-16(15)19-17/h6-7,11-12H,5,8-10H2,1-4H3,(H,18,19). The Hall–Kier alpha value is -1.35. The van der Waals surface area contributed by atoms with Crippen molar-refractivity contribution >= 4 is 11.0 Å². The summed E-state index contributed by atoms with van der Waals surface area (Å²) in [6, 6.07) is 4.40. The lowest BCUT2D eigenvalue weighted by atomic mass is 9.92. The molecule has 0 amide bonds. The minimum Gasteiger partial charge on any atom is -0.341 e. The highest BCUT2D eigenvalue weighted by atomic mass is 15.2. The molecule has 1 aliphatic heterocycles. The summed E-state index contributed by atoms with van der Waals surface area (Å²) in [5.74, 6) is 2.70. The van der Waals surface area contributed by atoms with Crippen molar-refractivity contribution in [2.75, 3.05) is 13.1 Å². The van der Waals surface area contributed by atoms with Gasteiger partial charge in [0.05, 0.1) is 17.6 Å². The number of imidazole rings is 1. The van der Waals surface area contributed by atoms with Crippen LogP contribution in [0.15, 0.2) is 12.1 Å². The van der Waals surface area contributed by atoms with Gasteiger partial charge >= 0.3 is 0 Å². The fourth-order valence-corrected chi connectivity index (χ4v) is 3.53. The van der Waals surface area contributed by atoms with E-state index in [1.54, 1.807) is 0 Å². The van der Waals surface area contributed by atoms with Crippen LogP contribution in [0, 0.1) is 25.7 Å². The van der Waals surface area contributed by atoms with Crippen LogP contribution in [0.3, 0.4) is 0 Å². The second-order valence-corrected chi connectivity index (χ2v) is 6.78. The Bertz CT molecular complexity index is 565. The Morgan fingerprint density at radius 2 is 1.80 bits per heavy atom. The molecule has 1 aromatic carbocycles. The van der Waals surface area contributed by atoms with Gasteiger partial charge in [-0.1, -0.05) is 13.8 Å². The lowest BCUT2D eigenvalue weighted by molar-refractivity contribution is 0.132. The molecule has 2 heterocycles. The normalized spacial score (nSPS) is 24.4. The number of aromatic amines is 1. The summed E-state index contributed by atoms with van der Waals surface area (Å²) in [6.45, 7) is 12.3. The van der Waals surface area contributed by atoms with E-state index in [4.69, 9.17) is 4.98 Å². The van der Waals surface area contributed by atoms with Crippen LogP contribution in [-0.2, 0) is 6.54 Å². The molecule has 1 saturated heterocycles. The number of nitrogens with one attached hydrogen (secondary N) is 1. The number of hydrogen-bond donors (Lipinski definition) is 1. The van der Waals surface area contributed by atoms with Gasteiger partial charge in [0.2, 0.25) is 0 Å². The molecule has 3 nitrogen and oxygen atoms in total. The van der Waals surface area contributed by atoms with Crippen LogP contribution in [-0.4, -0.2) is 28.0 Å². The van der Waals surface area contributed by atoms with Crippen LogP contribution < -0.4 is 0 Å². The zero-order valence-corrected chi connectivity index (χ0v) is 13.0. The Labute approximate surface area is 121 Å². The van der Waals surface area contributed by atoms with Gasteiger partial charge in [0.15, 0.2) is 0 Å². The van der Waals surface area contributed by atoms with E-state index in [-0.39, 0.29) is 0 Å². The van der Waals surface area contributed by atoms with Gasteiger partial charge in [0.1, 0.15) is 5.82 Å². The molecule has 0 aliphatic carbocycles. The third kappa shape index (κ3) is 2.73. The summed E-state index contributed by atoms with van der Waals surface area (Å²) in [4.78, 5) is 10.8. The van der Waals surface area contributed by atoms with Crippen molar-refractivity contribution in [1.29, 1.82) is 0 Å². The van der Waals surface area contributed by atoms with Crippen molar-refractivity contribution in [2.24, 2.45) is 11.8 Å².